The smallest absolute Gasteiger partial charge is 0.319 e. The zero-order valence-corrected chi connectivity index (χ0v) is 17.2. The molecule has 0 saturated heterocycles. The first kappa shape index (κ1) is 20.2. The Balaban J connectivity index is 1.35. The molecule has 1 aliphatic rings. The van der Waals surface area contributed by atoms with E-state index in [2.05, 4.69) is 41.3 Å². The van der Waals surface area contributed by atoms with Crippen molar-refractivity contribution in [3.8, 4) is 5.75 Å². The van der Waals surface area contributed by atoms with Crippen LogP contribution in [0.15, 0.2) is 42.6 Å². The second-order valence-corrected chi connectivity index (χ2v) is 7.93. The lowest BCUT2D eigenvalue weighted by molar-refractivity contribution is -0.0172. The van der Waals surface area contributed by atoms with Gasteiger partial charge in [-0.3, -0.25) is 0 Å². The zero-order chi connectivity index (χ0) is 21.1. The van der Waals surface area contributed by atoms with Gasteiger partial charge in [-0.05, 0) is 54.3 Å². The summed E-state index contributed by atoms with van der Waals surface area (Å²) in [6, 6.07) is 10.5. The summed E-state index contributed by atoms with van der Waals surface area (Å²) in [5.74, 6) is 0.882. The van der Waals surface area contributed by atoms with Gasteiger partial charge >= 0.3 is 6.03 Å². The molecule has 1 aliphatic heterocycles. The third-order valence-electron chi connectivity index (χ3n) is 5.02. The Hall–Kier alpha value is -3.06. The van der Waals surface area contributed by atoms with Crippen LogP contribution in [0.3, 0.4) is 0 Å². The van der Waals surface area contributed by atoms with Crippen molar-refractivity contribution in [2.75, 3.05) is 18.7 Å². The second-order valence-electron chi connectivity index (χ2n) is 7.93. The number of fused-ring (bicyclic) bond motifs is 2. The molecule has 2 amide bonds. The van der Waals surface area contributed by atoms with E-state index in [1.807, 2.05) is 18.2 Å². The highest BCUT2D eigenvalue weighted by atomic mass is 19.1. The molecule has 0 aliphatic carbocycles. The van der Waals surface area contributed by atoms with Crippen LogP contribution >= 0.6 is 0 Å². The standard InChI is InChI=1S/C23H26FN3O3/c1-15(2)12-27-8-6-16-11-20(3-4-21(16)27)26-23(28)25-7-5-17-9-19(24)10-18-13-29-14-30-22(17)18/h3-4,6,8-11,15H,5,7,12-14H2,1-2H3,(H2,25,26,28). The number of hydrogen-bond acceptors (Lipinski definition) is 3. The molecule has 2 heterocycles. The summed E-state index contributed by atoms with van der Waals surface area (Å²) < 4.78 is 26.7. The molecule has 0 radical (unpaired) electrons. The van der Waals surface area contributed by atoms with Gasteiger partial charge in [0.25, 0.3) is 0 Å². The van der Waals surface area contributed by atoms with Crippen molar-refractivity contribution < 1.29 is 18.7 Å². The molecule has 3 aromatic rings. The number of nitrogens with one attached hydrogen (secondary N) is 2. The minimum atomic E-state index is -0.333. The van der Waals surface area contributed by atoms with Crippen LogP contribution in [-0.2, 0) is 24.3 Å². The fourth-order valence-electron chi connectivity index (χ4n) is 3.76. The van der Waals surface area contributed by atoms with Gasteiger partial charge in [-0.15, -0.1) is 0 Å². The summed E-state index contributed by atoms with van der Waals surface area (Å²) in [5.41, 5.74) is 3.29. The van der Waals surface area contributed by atoms with Crippen molar-refractivity contribution in [3.05, 3.63) is 59.5 Å². The Labute approximate surface area is 175 Å². The molecule has 1 aromatic heterocycles. The van der Waals surface area contributed by atoms with Gasteiger partial charge in [-0.25, -0.2) is 9.18 Å². The van der Waals surface area contributed by atoms with Gasteiger partial charge in [0, 0.05) is 41.4 Å². The lowest BCUT2D eigenvalue weighted by atomic mass is 10.1. The largest absolute Gasteiger partial charge is 0.467 e. The maximum absolute atomic E-state index is 13.8. The first-order chi connectivity index (χ1) is 14.5. The zero-order valence-electron chi connectivity index (χ0n) is 17.2. The molecule has 2 N–H and O–H groups in total. The van der Waals surface area contributed by atoms with Crippen LogP contribution < -0.4 is 15.4 Å². The third kappa shape index (κ3) is 4.57. The quantitative estimate of drug-likeness (QED) is 0.620. The Bertz CT molecular complexity index is 1060. The van der Waals surface area contributed by atoms with Crippen LogP contribution in [0.25, 0.3) is 10.9 Å². The van der Waals surface area contributed by atoms with Crippen LogP contribution in [0.1, 0.15) is 25.0 Å². The number of urea groups is 1. The summed E-state index contributed by atoms with van der Waals surface area (Å²) in [6.07, 6.45) is 2.53. The molecule has 2 aromatic carbocycles. The SMILES string of the molecule is CC(C)Cn1ccc2cc(NC(=O)NCCc3cc(F)cc4c3OCOC4)ccc21. The van der Waals surface area contributed by atoms with Gasteiger partial charge in [0.2, 0.25) is 0 Å². The van der Waals surface area contributed by atoms with E-state index in [1.54, 1.807) is 0 Å². The molecular weight excluding hydrogens is 385 g/mol. The Kier molecular flexibility index (Phi) is 5.90. The average molecular weight is 411 g/mol. The van der Waals surface area contributed by atoms with Gasteiger partial charge in [-0.2, -0.15) is 0 Å². The van der Waals surface area contributed by atoms with Gasteiger partial charge in [0.05, 0.1) is 6.61 Å². The van der Waals surface area contributed by atoms with E-state index >= 15 is 0 Å². The van der Waals surface area contributed by atoms with Gasteiger partial charge in [-0.1, -0.05) is 13.8 Å². The topological polar surface area (TPSA) is 64.5 Å². The van der Waals surface area contributed by atoms with E-state index in [1.165, 1.54) is 12.1 Å². The summed E-state index contributed by atoms with van der Waals surface area (Å²) in [7, 11) is 0. The Morgan fingerprint density at radius 1 is 1.23 bits per heavy atom. The number of halogens is 1. The number of amides is 2. The fraction of sp³-hybridized carbons (Fsp3) is 0.348. The van der Waals surface area contributed by atoms with Crippen LogP contribution in [0, 0.1) is 11.7 Å². The van der Waals surface area contributed by atoms with Crippen LogP contribution in [0.2, 0.25) is 0 Å². The molecular formula is C23H26FN3O3. The summed E-state index contributed by atoms with van der Waals surface area (Å²) in [5, 5.41) is 6.76. The number of carbonyl (C=O) groups excluding carboxylic acids is 1. The molecule has 6 nitrogen and oxygen atoms in total. The van der Waals surface area contributed by atoms with E-state index in [0.29, 0.717) is 36.8 Å². The predicted octanol–water partition coefficient (Wildman–Crippen LogP) is 4.67. The van der Waals surface area contributed by atoms with Crippen molar-refractivity contribution in [3.63, 3.8) is 0 Å². The number of rotatable bonds is 6. The first-order valence-electron chi connectivity index (χ1n) is 10.1. The molecule has 0 unspecified atom stereocenters. The third-order valence-corrected chi connectivity index (χ3v) is 5.02. The summed E-state index contributed by atoms with van der Waals surface area (Å²) >= 11 is 0. The lowest BCUT2D eigenvalue weighted by Crippen LogP contribution is -2.30. The monoisotopic (exact) mass is 411 g/mol. The number of aromatic nitrogens is 1. The van der Waals surface area contributed by atoms with Crippen LogP contribution in [-0.4, -0.2) is 23.9 Å². The fourth-order valence-corrected chi connectivity index (χ4v) is 3.76. The van der Waals surface area contributed by atoms with Crippen LogP contribution in [0.4, 0.5) is 14.9 Å². The minimum Gasteiger partial charge on any atom is -0.467 e. The summed E-state index contributed by atoms with van der Waals surface area (Å²) in [6.45, 7) is 6.17. The molecule has 0 atom stereocenters. The molecule has 4 rings (SSSR count). The molecule has 158 valence electrons. The van der Waals surface area contributed by atoms with Crippen molar-refractivity contribution in [1.82, 2.24) is 9.88 Å². The van der Waals surface area contributed by atoms with Gasteiger partial charge < -0.3 is 24.7 Å². The highest BCUT2D eigenvalue weighted by Crippen LogP contribution is 2.29. The molecule has 0 spiro atoms. The second kappa shape index (κ2) is 8.75. The van der Waals surface area contributed by atoms with Crippen molar-refractivity contribution in [2.24, 2.45) is 5.92 Å². The van der Waals surface area contributed by atoms with Gasteiger partial charge in [0.15, 0.2) is 6.79 Å². The molecule has 30 heavy (non-hydrogen) atoms. The maximum atomic E-state index is 13.8. The number of benzene rings is 2. The van der Waals surface area contributed by atoms with E-state index in [9.17, 15) is 9.18 Å². The molecule has 0 saturated carbocycles. The number of ether oxygens (including phenoxy) is 2. The van der Waals surface area contributed by atoms with Crippen molar-refractivity contribution in [1.29, 1.82) is 0 Å². The van der Waals surface area contributed by atoms with E-state index < -0.39 is 0 Å². The number of anilines is 1. The Morgan fingerprint density at radius 3 is 2.93 bits per heavy atom. The van der Waals surface area contributed by atoms with Crippen molar-refractivity contribution >= 4 is 22.6 Å². The average Bonchev–Trinajstić information content (AvgIpc) is 3.09. The molecule has 7 heteroatoms. The highest BCUT2D eigenvalue weighted by molar-refractivity contribution is 5.92. The molecule has 0 bridgehead atoms. The Morgan fingerprint density at radius 2 is 2.10 bits per heavy atom. The van der Waals surface area contributed by atoms with Crippen molar-refractivity contribution in [2.45, 2.75) is 33.4 Å². The van der Waals surface area contributed by atoms with E-state index in [4.69, 9.17) is 9.47 Å². The number of hydrogen-bond donors (Lipinski definition) is 2. The van der Waals surface area contributed by atoms with E-state index in [0.717, 1.165) is 28.7 Å². The normalized spacial score (nSPS) is 13.2. The predicted molar refractivity (Wildman–Crippen MR) is 114 cm³/mol. The minimum absolute atomic E-state index is 0.154. The summed E-state index contributed by atoms with van der Waals surface area (Å²) in [4.78, 5) is 12.3. The highest BCUT2D eigenvalue weighted by Gasteiger charge is 2.17. The number of carbonyl (C=O) groups is 1. The lowest BCUT2D eigenvalue weighted by Gasteiger charge is -2.21. The van der Waals surface area contributed by atoms with E-state index in [-0.39, 0.29) is 18.6 Å². The maximum Gasteiger partial charge on any atom is 0.319 e. The number of nitrogens with zero attached hydrogens (tertiary/aromatic N) is 1. The molecule has 0 fully saturated rings. The van der Waals surface area contributed by atoms with Gasteiger partial charge in [0.1, 0.15) is 11.6 Å². The first-order valence-corrected chi connectivity index (χ1v) is 10.1. The van der Waals surface area contributed by atoms with Crippen LogP contribution in [0.5, 0.6) is 5.75 Å².